The summed E-state index contributed by atoms with van der Waals surface area (Å²) in [7, 11) is 0. The lowest BCUT2D eigenvalue weighted by atomic mass is 9.61. The maximum absolute atomic E-state index is 12.9. The average Bonchev–Trinajstić information content (AvgIpc) is 3.18. The van der Waals surface area contributed by atoms with E-state index >= 15 is 0 Å². The Labute approximate surface area is 165 Å². The number of hydrogen-bond acceptors (Lipinski definition) is 5. The molecule has 0 radical (unpaired) electrons. The molecule has 2 amide bonds. The van der Waals surface area contributed by atoms with Gasteiger partial charge in [-0.25, -0.2) is 0 Å². The van der Waals surface area contributed by atoms with Gasteiger partial charge in [-0.1, -0.05) is 5.16 Å². The number of hydrogen-bond donors (Lipinski definition) is 2. The fourth-order valence-electron chi connectivity index (χ4n) is 5.39. The minimum absolute atomic E-state index is 0.0828. The molecule has 1 spiro atoms. The largest absolute Gasteiger partial charge is 0.360 e. The number of carbonyl (C=O) groups excluding carboxylic acids is 2. The number of carbonyl (C=O) groups is 2. The lowest BCUT2D eigenvalue weighted by Crippen LogP contribution is -2.55. The predicted octanol–water partition coefficient (Wildman–Crippen LogP) is 2.05. The summed E-state index contributed by atoms with van der Waals surface area (Å²) in [4.78, 5) is 27.5. The number of rotatable bonds is 4. The molecule has 28 heavy (non-hydrogen) atoms. The van der Waals surface area contributed by atoms with Crippen molar-refractivity contribution in [3.8, 4) is 0 Å². The van der Waals surface area contributed by atoms with E-state index in [0.717, 1.165) is 63.9 Å². The normalized spacial score (nSPS) is 35.0. The highest BCUT2D eigenvalue weighted by atomic mass is 16.5. The Balaban J connectivity index is 1.12. The maximum Gasteiger partial charge on any atom is 0.273 e. The zero-order valence-corrected chi connectivity index (χ0v) is 16.6. The van der Waals surface area contributed by atoms with Crippen molar-refractivity contribution in [3.63, 3.8) is 0 Å². The van der Waals surface area contributed by atoms with Crippen LogP contribution in [0.1, 0.15) is 74.0 Å². The highest BCUT2D eigenvalue weighted by Gasteiger charge is 2.50. The Bertz CT molecular complexity index is 757. The molecule has 7 nitrogen and oxygen atoms in total. The van der Waals surface area contributed by atoms with Crippen molar-refractivity contribution in [2.45, 2.75) is 69.9 Å². The molecular weight excluding hydrogens is 356 g/mol. The van der Waals surface area contributed by atoms with Gasteiger partial charge in [0, 0.05) is 43.1 Å². The number of nitrogens with zero attached hydrogens (tertiary/aromatic N) is 2. The van der Waals surface area contributed by atoms with Gasteiger partial charge in [-0.3, -0.25) is 9.59 Å². The fourth-order valence-corrected chi connectivity index (χ4v) is 5.39. The third-order valence-corrected chi connectivity index (χ3v) is 7.28. The van der Waals surface area contributed by atoms with Crippen molar-refractivity contribution in [1.29, 1.82) is 0 Å². The zero-order valence-electron chi connectivity index (χ0n) is 16.6. The van der Waals surface area contributed by atoms with Crippen molar-refractivity contribution < 1.29 is 14.1 Å². The van der Waals surface area contributed by atoms with Gasteiger partial charge in [0.25, 0.3) is 5.91 Å². The number of amides is 2. The van der Waals surface area contributed by atoms with Gasteiger partial charge < -0.3 is 20.1 Å². The number of likely N-dealkylation sites (tertiary alicyclic amines) is 1. The summed E-state index contributed by atoms with van der Waals surface area (Å²) in [5.41, 5.74) is 0.769. The van der Waals surface area contributed by atoms with Gasteiger partial charge in [0.05, 0.1) is 0 Å². The van der Waals surface area contributed by atoms with Crippen LogP contribution in [-0.4, -0.2) is 53.6 Å². The first kappa shape index (κ1) is 18.2. The van der Waals surface area contributed by atoms with Crippen LogP contribution >= 0.6 is 0 Å². The summed E-state index contributed by atoms with van der Waals surface area (Å²) in [6.45, 7) is 4.99. The molecule has 4 aliphatic rings. The molecule has 2 atom stereocenters. The Morgan fingerprint density at radius 3 is 2.82 bits per heavy atom. The van der Waals surface area contributed by atoms with E-state index in [1.165, 1.54) is 6.42 Å². The minimum atomic E-state index is -0.165. The highest BCUT2D eigenvalue weighted by Crippen LogP contribution is 2.50. The quantitative estimate of drug-likeness (QED) is 0.827. The van der Waals surface area contributed by atoms with E-state index in [1.54, 1.807) is 6.07 Å². The second-order valence-electron chi connectivity index (χ2n) is 9.50. The van der Waals surface area contributed by atoms with Gasteiger partial charge in [-0.05, 0) is 63.8 Å². The van der Waals surface area contributed by atoms with E-state index in [-0.39, 0.29) is 23.9 Å². The van der Waals surface area contributed by atoms with Crippen LogP contribution in [-0.2, 0) is 4.79 Å². The molecule has 2 N–H and O–H groups in total. The molecule has 5 rings (SSSR count). The molecule has 1 unspecified atom stereocenters. The van der Waals surface area contributed by atoms with Crippen LogP contribution in [0.15, 0.2) is 10.6 Å². The summed E-state index contributed by atoms with van der Waals surface area (Å²) < 4.78 is 5.29. The molecule has 0 aromatic carbocycles. The summed E-state index contributed by atoms with van der Waals surface area (Å²) in [5, 5.41) is 10.4. The van der Waals surface area contributed by atoms with Gasteiger partial charge >= 0.3 is 0 Å². The predicted molar refractivity (Wildman–Crippen MR) is 103 cm³/mol. The lowest BCUT2D eigenvalue weighted by Gasteiger charge is -2.48. The van der Waals surface area contributed by atoms with Crippen LogP contribution in [0.25, 0.3) is 0 Å². The smallest absolute Gasteiger partial charge is 0.273 e. The van der Waals surface area contributed by atoms with Crippen molar-refractivity contribution in [2.75, 3.05) is 19.6 Å². The Hall–Kier alpha value is -1.89. The Morgan fingerprint density at radius 2 is 2.14 bits per heavy atom. The molecule has 1 aromatic rings. The standard InChI is InChI=1S/C21H30N4O3/c1-13-8-16(23-19(26)17-9-18(28-24-17)14-2-3-14)4-7-25(13)20(27)15-10-21(11-15)5-6-22-12-21/h9,13-16,22H,2-8,10-12H2,1H3,(H,23,26)/t13-,15?,16?,21?/m0/s1. The van der Waals surface area contributed by atoms with Crippen LogP contribution in [0, 0.1) is 11.3 Å². The molecule has 0 bridgehead atoms. The Morgan fingerprint density at radius 1 is 1.32 bits per heavy atom. The molecule has 2 saturated heterocycles. The summed E-state index contributed by atoms with van der Waals surface area (Å²) in [5.74, 6) is 1.63. The van der Waals surface area contributed by atoms with E-state index in [0.29, 0.717) is 22.9 Å². The Kier molecular flexibility index (Phi) is 4.45. The van der Waals surface area contributed by atoms with Crippen molar-refractivity contribution in [3.05, 3.63) is 17.5 Å². The second kappa shape index (κ2) is 6.87. The third-order valence-electron chi connectivity index (χ3n) is 7.28. The fraction of sp³-hybridized carbons (Fsp3) is 0.762. The molecule has 152 valence electrons. The first-order valence-electron chi connectivity index (χ1n) is 10.8. The average molecular weight is 386 g/mol. The van der Waals surface area contributed by atoms with E-state index in [4.69, 9.17) is 4.52 Å². The van der Waals surface area contributed by atoms with E-state index in [2.05, 4.69) is 22.7 Å². The molecule has 4 fully saturated rings. The van der Waals surface area contributed by atoms with Crippen LogP contribution in [0.4, 0.5) is 0 Å². The van der Waals surface area contributed by atoms with Crippen LogP contribution < -0.4 is 10.6 Å². The topological polar surface area (TPSA) is 87.5 Å². The van der Waals surface area contributed by atoms with Gasteiger partial charge in [0.2, 0.25) is 5.91 Å². The van der Waals surface area contributed by atoms with Crippen LogP contribution in [0.5, 0.6) is 0 Å². The first-order chi connectivity index (χ1) is 13.5. The molecule has 1 aromatic heterocycles. The van der Waals surface area contributed by atoms with E-state index in [9.17, 15) is 9.59 Å². The van der Waals surface area contributed by atoms with Gasteiger partial charge in [0.1, 0.15) is 5.76 Å². The van der Waals surface area contributed by atoms with Gasteiger partial charge in [-0.2, -0.15) is 0 Å². The molecule has 2 saturated carbocycles. The highest BCUT2D eigenvalue weighted by molar-refractivity contribution is 5.92. The number of nitrogens with one attached hydrogen (secondary N) is 2. The lowest BCUT2D eigenvalue weighted by molar-refractivity contribution is -0.146. The second-order valence-corrected chi connectivity index (χ2v) is 9.50. The van der Waals surface area contributed by atoms with E-state index in [1.807, 2.05) is 4.90 Å². The summed E-state index contributed by atoms with van der Waals surface area (Å²) >= 11 is 0. The number of aromatic nitrogens is 1. The number of piperidine rings is 1. The summed E-state index contributed by atoms with van der Waals surface area (Å²) in [6, 6.07) is 2.02. The monoisotopic (exact) mass is 386 g/mol. The molecule has 3 heterocycles. The maximum atomic E-state index is 12.9. The van der Waals surface area contributed by atoms with Gasteiger partial charge in [0.15, 0.2) is 5.69 Å². The molecule has 2 aliphatic carbocycles. The van der Waals surface area contributed by atoms with Crippen molar-refractivity contribution in [2.24, 2.45) is 11.3 Å². The zero-order chi connectivity index (χ0) is 19.3. The molecular formula is C21H30N4O3. The first-order valence-corrected chi connectivity index (χ1v) is 10.8. The minimum Gasteiger partial charge on any atom is -0.360 e. The van der Waals surface area contributed by atoms with Crippen molar-refractivity contribution >= 4 is 11.8 Å². The van der Waals surface area contributed by atoms with Crippen LogP contribution in [0.2, 0.25) is 0 Å². The summed E-state index contributed by atoms with van der Waals surface area (Å²) in [6.07, 6.45) is 7.14. The molecule has 7 heteroatoms. The third kappa shape index (κ3) is 3.34. The van der Waals surface area contributed by atoms with E-state index < -0.39 is 0 Å². The van der Waals surface area contributed by atoms with Crippen LogP contribution in [0.3, 0.4) is 0 Å². The van der Waals surface area contributed by atoms with Gasteiger partial charge in [-0.15, -0.1) is 0 Å². The molecule has 2 aliphatic heterocycles. The van der Waals surface area contributed by atoms with Crippen molar-refractivity contribution in [1.82, 2.24) is 20.7 Å². The SMILES string of the molecule is C[C@H]1CC(NC(=O)c2cc(C3CC3)on2)CCN1C(=O)C1CC2(CCNC2)C1.